The Balaban J connectivity index is 0.950. The van der Waals surface area contributed by atoms with Crippen LogP contribution in [0.4, 0.5) is 0 Å². The Morgan fingerprint density at radius 2 is 1.39 bits per heavy atom. The van der Waals surface area contributed by atoms with Gasteiger partial charge >= 0.3 is 0 Å². The van der Waals surface area contributed by atoms with Crippen LogP contribution in [0, 0.1) is 35.5 Å². The third-order valence-electron chi connectivity index (χ3n) is 14.1. The molecule has 7 aliphatic rings. The molecule has 0 bridgehead atoms. The normalized spacial score (nSPS) is 34.1. The van der Waals surface area contributed by atoms with E-state index in [2.05, 4.69) is 156 Å². The quantitative estimate of drug-likeness (QED) is 0.283. The van der Waals surface area contributed by atoms with Crippen molar-refractivity contribution in [2.75, 3.05) is 0 Å². The molecular formula is C53H61N3. The Kier molecular flexibility index (Phi) is 11.8. The van der Waals surface area contributed by atoms with Crippen LogP contribution in [0.25, 0.3) is 5.57 Å². The van der Waals surface area contributed by atoms with Crippen LogP contribution in [0.1, 0.15) is 94.6 Å². The van der Waals surface area contributed by atoms with E-state index in [1.54, 1.807) is 0 Å². The molecule has 9 unspecified atom stereocenters. The van der Waals surface area contributed by atoms with E-state index >= 15 is 0 Å². The highest BCUT2D eigenvalue weighted by Crippen LogP contribution is 2.43. The zero-order chi connectivity index (χ0) is 37.5. The molecule has 5 aliphatic carbocycles. The number of nitrogens with one attached hydrogen (secondary N) is 2. The smallest absolute Gasteiger partial charge is 0.0837 e. The average molecular weight is 740 g/mol. The first kappa shape index (κ1) is 37.1. The molecule has 0 amide bonds. The summed E-state index contributed by atoms with van der Waals surface area (Å²) in [6.45, 7) is 0. The fraction of sp³-hybridized carbons (Fsp3) is 0.415. The van der Waals surface area contributed by atoms with Crippen LogP contribution in [-0.2, 0) is 0 Å². The minimum Gasteiger partial charge on any atom is -0.369 e. The summed E-state index contributed by atoms with van der Waals surface area (Å²) < 4.78 is 0. The predicted octanol–water partition coefficient (Wildman–Crippen LogP) is 12.2. The van der Waals surface area contributed by atoms with Gasteiger partial charge in [0.25, 0.3) is 0 Å². The Morgan fingerprint density at radius 1 is 0.625 bits per heavy atom. The standard InChI is InChI=1S/C53H61N3/c1-5-15-38(16-6-1)40-27-31-43(32-28-40)49-25-14-26-50(56-53(55-49)45-33-29-41(30-34-45)39-17-7-2-8-18-39)47-24-13-23-46(37-47)48-35-36-51(42-19-9-3-10-20-42)54-52(48)44-21-11-4-12-22-44/h1-12,15-17,19,21-22,25,27,29-31,33,39,42,45-48,50-51,53,55-56H,13-14,18,20,23-24,26,28,32,34-37H2/b49-25-. The number of allylic oxidation sites excluding steroid dienone is 15. The summed E-state index contributed by atoms with van der Waals surface area (Å²) in [5, 5.41) is 8.54. The fourth-order valence-corrected chi connectivity index (χ4v) is 10.9. The van der Waals surface area contributed by atoms with Gasteiger partial charge in [-0.1, -0.05) is 152 Å². The second-order valence-electron chi connectivity index (χ2n) is 17.5. The molecule has 0 saturated heterocycles. The van der Waals surface area contributed by atoms with Crippen molar-refractivity contribution < 1.29 is 0 Å². The summed E-state index contributed by atoms with van der Waals surface area (Å²) >= 11 is 0. The molecule has 2 aromatic carbocycles. The van der Waals surface area contributed by atoms with Gasteiger partial charge < -0.3 is 5.32 Å². The van der Waals surface area contributed by atoms with E-state index in [0.29, 0.717) is 47.6 Å². The molecule has 2 aliphatic heterocycles. The van der Waals surface area contributed by atoms with E-state index < -0.39 is 0 Å². The molecule has 9 atom stereocenters. The number of rotatable bonds is 8. The lowest BCUT2D eigenvalue weighted by atomic mass is 9.67. The van der Waals surface area contributed by atoms with E-state index in [-0.39, 0.29) is 6.17 Å². The van der Waals surface area contributed by atoms with Crippen molar-refractivity contribution in [3.8, 4) is 0 Å². The Bertz CT molecular complexity index is 1980. The maximum Gasteiger partial charge on any atom is 0.0837 e. The maximum absolute atomic E-state index is 5.65. The third kappa shape index (κ3) is 8.59. The number of hydrogen-bond acceptors (Lipinski definition) is 3. The predicted molar refractivity (Wildman–Crippen MR) is 236 cm³/mol. The van der Waals surface area contributed by atoms with Gasteiger partial charge in [0.05, 0.1) is 12.2 Å². The van der Waals surface area contributed by atoms with Crippen LogP contribution in [0.15, 0.2) is 168 Å². The van der Waals surface area contributed by atoms with Gasteiger partial charge in [0, 0.05) is 41.1 Å². The van der Waals surface area contributed by atoms with Crippen LogP contribution < -0.4 is 10.6 Å². The minimum absolute atomic E-state index is 0.192. The zero-order valence-corrected chi connectivity index (χ0v) is 33.2. The first-order valence-corrected chi connectivity index (χ1v) is 22.1. The molecular weight excluding hydrogens is 679 g/mol. The SMILES string of the molecule is C1=CCC(C2=CCC(C3N/C(C4=CC=C(c5ccccc5)CC4)=C\CCC(C4CCCC(C5CCC(C6C=CC=CC6)N=C5c5ccccc5)C4)N3)C=C2)C=C1. The summed E-state index contributed by atoms with van der Waals surface area (Å²) in [6, 6.07) is 23.0. The first-order chi connectivity index (χ1) is 27.7. The van der Waals surface area contributed by atoms with Crippen molar-refractivity contribution in [1.82, 2.24) is 10.6 Å². The van der Waals surface area contributed by atoms with Gasteiger partial charge in [0.15, 0.2) is 0 Å². The Morgan fingerprint density at radius 3 is 2.12 bits per heavy atom. The van der Waals surface area contributed by atoms with Crippen molar-refractivity contribution in [3.63, 3.8) is 0 Å². The van der Waals surface area contributed by atoms with Crippen molar-refractivity contribution >= 4 is 11.3 Å². The molecule has 2 N–H and O–H groups in total. The highest BCUT2D eigenvalue weighted by molar-refractivity contribution is 6.03. The minimum atomic E-state index is 0.192. The van der Waals surface area contributed by atoms with E-state index in [1.807, 2.05) is 0 Å². The number of aliphatic imine (C=N–C) groups is 1. The molecule has 0 radical (unpaired) electrons. The second-order valence-corrected chi connectivity index (χ2v) is 17.5. The lowest BCUT2D eigenvalue weighted by Gasteiger charge is -2.43. The van der Waals surface area contributed by atoms with Crippen molar-refractivity contribution in [2.24, 2.45) is 40.5 Å². The summed E-state index contributed by atoms with van der Waals surface area (Å²) in [4.78, 5) is 5.65. The Hall–Kier alpha value is -4.47. The number of nitrogens with zero attached hydrogens (tertiary/aromatic N) is 1. The largest absolute Gasteiger partial charge is 0.369 e. The molecule has 3 nitrogen and oxygen atoms in total. The molecule has 9 rings (SSSR count). The number of benzene rings is 2. The molecule has 56 heavy (non-hydrogen) atoms. The first-order valence-electron chi connectivity index (χ1n) is 22.1. The molecule has 288 valence electrons. The van der Waals surface area contributed by atoms with Gasteiger partial charge in [-0.05, 0) is 117 Å². The highest BCUT2D eigenvalue weighted by Gasteiger charge is 2.39. The number of hydrogen-bond donors (Lipinski definition) is 2. The summed E-state index contributed by atoms with van der Waals surface area (Å²) in [7, 11) is 0. The molecule has 1 saturated carbocycles. The van der Waals surface area contributed by atoms with Crippen LogP contribution >= 0.6 is 0 Å². The Labute approximate surface area is 336 Å². The lowest BCUT2D eigenvalue weighted by Crippen LogP contribution is -2.54. The second kappa shape index (κ2) is 17.8. The van der Waals surface area contributed by atoms with E-state index in [4.69, 9.17) is 4.99 Å². The van der Waals surface area contributed by atoms with Gasteiger partial charge in [0.1, 0.15) is 0 Å². The molecule has 0 aromatic heterocycles. The topological polar surface area (TPSA) is 36.4 Å². The zero-order valence-electron chi connectivity index (χ0n) is 33.2. The van der Waals surface area contributed by atoms with Gasteiger partial charge in [-0.15, -0.1) is 0 Å². The van der Waals surface area contributed by atoms with Gasteiger partial charge in [0.2, 0.25) is 0 Å². The molecule has 2 aromatic rings. The summed E-state index contributed by atoms with van der Waals surface area (Å²) in [5.74, 6) is 3.36. The molecule has 3 heteroatoms. The van der Waals surface area contributed by atoms with Crippen LogP contribution in [-0.4, -0.2) is 24.0 Å². The van der Waals surface area contributed by atoms with Crippen LogP contribution in [0.5, 0.6) is 0 Å². The van der Waals surface area contributed by atoms with Crippen molar-refractivity contribution in [3.05, 3.63) is 174 Å². The van der Waals surface area contributed by atoms with Crippen molar-refractivity contribution in [2.45, 2.75) is 102 Å². The summed E-state index contributed by atoms with van der Waals surface area (Å²) in [6.07, 6.45) is 48.8. The molecule has 0 spiro atoms. The van der Waals surface area contributed by atoms with Gasteiger partial charge in [-0.3, -0.25) is 10.3 Å². The van der Waals surface area contributed by atoms with Crippen molar-refractivity contribution in [1.29, 1.82) is 0 Å². The third-order valence-corrected chi connectivity index (χ3v) is 14.1. The van der Waals surface area contributed by atoms with Gasteiger partial charge in [-0.25, -0.2) is 0 Å². The fourth-order valence-electron chi connectivity index (χ4n) is 10.9. The van der Waals surface area contributed by atoms with Crippen LogP contribution in [0.3, 0.4) is 0 Å². The molecule has 1 fully saturated rings. The van der Waals surface area contributed by atoms with E-state index in [9.17, 15) is 0 Å². The average Bonchev–Trinajstić information content (AvgIpc) is 3.28. The lowest BCUT2D eigenvalue weighted by molar-refractivity contribution is 0.155. The molecule has 2 heterocycles. The highest BCUT2D eigenvalue weighted by atomic mass is 15.2. The summed E-state index contributed by atoms with van der Waals surface area (Å²) in [5.41, 5.74) is 9.82. The monoisotopic (exact) mass is 739 g/mol. The van der Waals surface area contributed by atoms with E-state index in [1.165, 1.54) is 84.2 Å². The maximum atomic E-state index is 5.65. The van der Waals surface area contributed by atoms with Gasteiger partial charge in [-0.2, -0.15) is 0 Å². The van der Waals surface area contributed by atoms with Crippen LogP contribution in [0.2, 0.25) is 0 Å². The van der Waals surface area contributed by atoms with E-state index in [0.717, 1.165) is 38.5 Å².